The molecule has 0 fully saturated rings. The zero-order valence-electron chi connectivity index (χ0n) is 12.5. The smallest absolute Gasteiger partial charge is 0.228 e. The molecule has 120 valence electrons. The van der Waals surface area contributed by atoms with Gasteiger partial charge in [-0.2, -0.15) is 0 Å². The molecule has 0 spiro atoms. The van der Waals surface area contributed by atoms with Crippen LogP contribution in [0, 0.1) is 0 Å². The van der Waals surface area contributed by atoms with Gasteiger partial charge in [-0.15, -0.1) is 0 Å². The Morgan fingerprint density at radius 2 is 1.65 bits per heavy atom. The molecule has 0 unspecified atom stereocenters. The summed E-state index contributed by atoms with van der Waals surface area (Å²) in [6.45, 7) is 0.252. The van der Waals surface area contributed by atoms with Crippen molar-refractivity contribution in [1.82, 2.24) is 0 Å². The third kappa shape index (κ3) is 5.39. The third-order valence-corrected chi connectivity index (χ3v) is 3.34. The van der Waals surface area contributed by atoms with E-state index in [1.807, 2.05) is 30.3 Å². The van der Waals surface area contributed by atoms with Crippen LogP contribution >= 0.6 is 11.6 Å². The van der Waals surface area contributed by atoms with Crippen LogP contribution in [0.5, 0.6) is 0 Å². The van der Waals surface area contributed by atoms with Gasteiger partial charge in [-0.1, -0.05) is 41.9 Å². The summed E-state index contributed by atoms with van der Waals surface area (Å²) in [5, 5.41) is 5.96. The Morgan fingerprint density at radius 1 is 0.957 bits per heavy atom. The lowest BCUT2D eigenvalue weighted by Gasteiger charge is -2.13. The predicted molar refractivity (Wildman–Crippen MR) is 92.5 cm³/mol. The number of hydrogen-bond donors (Lipinski definition) is 3. The SMILES string of the molecule is NCCC(=O)Nc1cc(Cl)ccc1NC(=O)Cc1ccccc1. The Hall–Kier alpha value is -2.37. The lowest BCUT2D eigenvalue weighted by molar-refractivity contribution is -0.116. The van der Waals surface area contributed by atoms with Gasteiger partial charge >= 0.3 is 0 Å². The molecule has 2 rings (SSSR count). The fourth-order valence-electron chi connectivity index (χ4n) is 2.05. The van der Waals surface area contributed by atoms with Crippen molar-refractivity contribution < 1.29 is 9.59 Å². The molecular weight excluding hydrogens is 314 g/mol. The van der Waals surface area contributed by atoms with E-state index in [4.69, 9.17) is 17.3 Å². The summed E-state index contributed by atoms with van der Waals surface area (Å²) in [5.41, 5.74) is 7.23. The zero-order valence-corrected chi connectivity index (χ0v) is 13.3. The average Bonchev–Trinajstić information content (AvgIpc) is 2.51. The number of carbonyl (C=O) groups is 2. The second kappa shape index (κ2) is 8.31. The molecule has 0 heterocycles. The first kappa shape index (κ1) is 17.0. The molecule has 2 aromatic carbocycles. The Labute approximate surface area is 139 Å². The van der Waals surface area contributed by atoms with E-state index in [0.29, 0.717) is 16.4 Å². The molecule has 6 heteroatoms. The van der Waals surface area contributed by atoms with Crippen LogP contribution in [-0.2, 0) is 16.0 Å². The monoisotopic (exact) mass is 331 g/mol. The summed E-state index contributed by atoms with van der Waals surface area (Å²) in [4.78, 5) is 23.9. The number of nitrogens with two attached hydrogens (primary N) is 1. The number of anilines is 2. The van der Waals surface area contributed by atoms with Gasteiger partial charge in [0.25, 0.3) is 0 Å². The summed E-state index contributed by atoms with van der Waals surface area (Å²) < 4.78 is 0. The summed E-state index contributed by atoms with van der Waals surface area (Å²) in [6, 6.07) is 14.3. The van der Waals surface area contributed by atoms with Gasteiger partial charge in [0.1, 0.15) is 0 Å². The van der Waals surface area contributed by atoms with E-state index in [9.17, 15) is 9.59 Å². The first-order chi connectivity index (χ1) is 11.1. The minimum atomic E-state index is -0.228. The number of nitrogens with one attached hydrogen (secondary N) is 2. The molecule has 0 saturated heterocycles. The summed E-state index contributed by atoms with van der Waals surface area (Å²) in [5.74, 6) is -0.402. The highest BCUT2D eigenvalue weighted by atomic mass is 35.5. The minimum Gasteiger partial charge on any atom is -0.330 e. The Kier molecular flexibility index (Phi) is 6.14. The second-order valence-electron chi connectivity index (χ2n) is 4.99. The lowest BCUT2D eigenvalue weighted by atomic mass is 10.1. The number of hydrogen-bond acceptors (Lipinski definition) is 3. The summed E-state index contributed by atoms with van der Waals surface area (Å²) in [6.07, 6.45) is 0.448. The summed E-state index contributed by atoms with van der Waals surface area (Å²) >= 11 is 5.95. The first-order valence-electron chi connectivity index (χ1n) is 7.21. The van der Waals surface area contributed by atoms with Crippen LogP contribution in [0.15, 0.2) is 48.5 Å². The van der Waals surface area contributed by atoms with Crippen LogP contribution in [0.1, 0.15) is 12.0 Å². The molecule has 0 radical (unpaired) electrons. The Bertz CT molecular complexity index is 689. The van der Waals surface area contributed by atoms with Crippen molar-refractivity contribution >= 4 is 34.8 Å². The van der Waals surface area contributed by atoms with Crippen LogP contribution < -0.4 is 16.4 Å². The summed E-state index contributed by atoms with van der Waals surface area (Å²) in [7, 11) is 0. The van der Waals surface area contributed by atoms with E-state index in [1.165, 1.54) is 0 Å². The number of amides is 2. The number of benzene rings is 2. The molecule has 4 N–H and O–H groups in total. The molecule has 0 saturated carbocycles. The van der Waals surface area contributed by atoms with Gasteiger partial charge in [0.05, 0.1) is 17.8 Å². The van der Waals surface area contributed by atoms with Gasteiger partial charge in [0.2, 0.25) is 11.8 Å². The van der Waals surface area contributed by atoms with E-state index in [2.05, 4.69) is 10.6 Å². The third-order valence-electron chi connectivity index (χ3n) is 3.11. The predicted octanol–water partition coefficient (Wildman–Crippen LogP) is 2.81. The Balaban J connectivity index is 2.09. The molecule has 0 aliphatic rings. The number of carbonyl (C=O) groups excluding carboxylic acids is 2. The van der Waals surface area contributed by atoms with Crippen LogP contribution in [-0.4, -0.2) is 18.4 Å². The van der Waals surface area contributed by atoms with Crippen molar-refractivity contribution in [3.63, 3.8) is 0 Å². The molecule has 5 nitrogen and oxygen atoms in total. The van der Waals surface area contributed by atoms with Gasteiger partial charge in [-0.05, 0) is 23.8 Å². The lowest BCUT2D eigenvalue weighted by Crippen LogP contribution is -2.19. The van der Waals surface area contributed by atoms with E-state index in [0.717, 1.165) is 5.56 Å². The highest BCUT2D eigenvalue weighted by Crippen LogP contribution is 2.26. The van der Waals surface area contributed by atoms with Crippen molar-refractivity contribution in [3.8, 4) is 0 Å². The second-order valence-corrected chi connectivity index (χ2v) is 5.42. The topological polar surface area (TPSA) is 84.2 Å². The Morgan fingerprint density at radius 3 is 2.35 bits per heavy atom. The van der Waals surface area contributed by atoms with Crippen molar-refractivity contribution in [2.45, 2.75) is 12.8 Å². The van der Waals surface area contributed by atoms with Gasteiger partial charge in [0, 0.05) is 18.0 Å². The molecular formula is C17H18ClN3O2. The van der Waals surface area contributed by atoms with Gasteiger partial charge in [0.15, 0.2) is 0 Å². The fourth-order valence-corrected chi connectivity index (χ4v) is 2.22. The van der Waals surface area contributed by atoms with Crippen LogP contribution in [0.25, 0.3) is 0 Å². The maximum absolute atomic E-state index is 12.2. The van der Waals surface area contributed by atoms with Crippen molar-refractivity contribution in [2.24, 2.45) is 5.73 Å². The molecule has 0 aliphatic heterocycles. The van der Waals surface area contributed by atoms with E-state index < -0.39 is 0 Å². The van der Waals surface area contributed by atoms with Crippen LogP contribution in [0.3, 0.4) is 0 Å². The van der Waals surface area contributed by atoms with Crippen LogP contribution in [0.2, 0.25) is 5.02 Å². The maximum atomic E-state index is 12.2. The van der Waals surface area contributed by atoms with Crippen molar-refractivity contribution in [1.29, 1.82) is 0 Å². The standard InChI is InChI=1S/C17H18ClN3O2/c18-13-6-7-14(15(11-13)21-16(22)8-9-19)20-17(23)10-12-4-2-1-3-5-12/h1-7,11H,8-10,19H2,(H,20,23)(H,21,22). The van der Waals surface area contributed by atoms with Crippen LogP contribution in [0.4, 0.5) is 11.4 Å². The molecule has 2 amide bonds. The van der Waals surface area contributed by atoms with E-state index in [-0.39, 0.29) is 31.2 Å². The van der Waals surface area contributed by atoms with E-state index >= 15 is 0 Å². The van der Waals surface area contributed by atoms with Crippen molar-refractivity contribution in [2.75, 3.05) is 17.2 Å². The van der Waals surface area contributed by atoms with Gasteiger partial charge < -0.3 is 16.4 Å². The highest BCUT2D eigenvalue weighted by molar-refractivity contribution is 6.31. The van der Waals surface area contributed by atoms with Gasteiger partial charge in [-0.25, -0.2) is 0 Å². The van der Waals surface area contributed by atoms with Gasteiger partial charge in [-0.3, -0.25) is 9.59 Å². The molecule has 0 atom stereocenters. The molecule has 23 heavy (non-hydrogen) atoms. The van der Waals surface area contributed by atoms with Crippen molar-refractivity contribution in [3.05, 3.63) is 59.1 Å². The normalized spacial score (nSPS) is 10.2. The quantitative estimate of drug-likeness (QED) is 0.761. The fraction of sp³-hybridized carbons (Fsp3) is 0.176. The molecule has 0 aromatic heterocycles. The minimum absolute atomic E-state index is 0.173. The average molecular weight is 332 g/mol. The number of halogens is 1. The van der Waals surface area contributed by atoms with E-state index in [1.54, 1.807) is 18.2 Å². The zero-order chi connectivity index (χ0) is 16.7. The number of rotatable bonds is 6. The highest BCUT2D eigenvalue weighted by Gasteiger charge is 2.10. The maximum Gasteiger partial charge on any atom is 0.228 e. The first-order valence-corrected chi connectivity index (χ1v) is 7.59. The largest absolute Gasteiger partial charge is 0.330 e. The molecule has 0 aliphatic carbocycles. The molecule has 2 aromatic rings. The molecule has 0 bridgehead atoms.